The van der Waals surface area contributed by atoms with E-state index in [2.05, 4.69) is 99.4 Å². The molecule has 1 aliphatic heterocycles. The van der Waals surface area contributed by atoms with Crippen LogP contribution in [0.4, 0.5) is 11.4 Å². The minimum absolute atomic E-state index is 0.0431. The van der Waals surface area contributed by atoms with E-state index < -0.39 is 19.1 Å². The van der Waals surface area contributed by atoms with Crippen LogP contribution in [-0.2, 0) is 16.2 Å². The molecule has 0 saturated carbocycles. The van der Waals surface area contributed by atoms with Crippen molar-refractivity contribution >= 4 is 33.2 Å². The van der Waals surface area contributed by atoms with Crippen molar-refractivity contribution in [3.05, 3.63) is 228 Å². The van der Waals surface area contributed by atoms with Gasteiger partial charge in [0, 0.05) is 71.9 Å². The molecule has 0 aliphatic carbocycles. The normalized spacial score (nSPS) is 15.8. The molecule has 10 rings (SSSR count). The SMILES string of the molecule is [2H]C1=C([2H])N(c2cc(C(C)(C)c3ccccc3)cc(C(C)(C)c3ccccc3)c2)CN1c1cc(Oc2ccc3c4ccccc4n(-c4cc(C(C)(C([2H])([2H])[2H])C([2H])([2H])[2H])ccn4)c3c2)cc(-c2ccccc2)c1. The number of anilines is 2. The molecule has 5 nitrogen and oxygen atoms in total. The molecule has 5 heteroatoms. The summed E-state index contributed by atoms with van der Waals surface area (Å²) in [7, 11) is 0. The van der Waals surface area contributed by atoms with Crippen LogP contribution in [0.25, 0.3) is 38.8 Å². The quantitative estimate of drug-likeness (QED) is 0.137. The Morgan fingerprint density at radius 1 is 0.492 bits per heavy atom. The van der Waals surface area contributed by atoms with E-state index in [-0.39, 0.29) is 35.4 Å². The van der Waals surface area contributed by atoms with Crippen LogP contribution in [-0.4, -0.2) is 16.2 Å². The average Bonchev–Trinajstić information content (AvgIpc) is 3.88. The van der Waals surface area contributed by atoms with Crippen LogP contribution in [0.2, 0.25) is 0 Å². The molecule has 0 bridgehead atoms. The highest BCUT2D eigenvalue weighted by atomic mass is 16.5. The molecule has 0 fully saturated rings. The number of fused-ring (bicyclic) bond motifs is 3. The first-order valence-corrected chi connectivity index (χ1v) is 22.0. The summed E-state index contributed by atoms with van der Waals surface area (Å²) < 4.78 is 77.9. The van der Waals surface area contributed by atoms with Gasteiger partial charge in [0.1, 0.15) is 17.3 Å². The molecule has 322 valence electrons. The van der Waals surface area contributed by atoms with Crippen molar-refractivity contribution in [2.75, 3.05) is 16.5 Å². The molecule has 0 unspecified atom stereocenters. The Kier molecular flexibility index (Phi) is 8.33. The van der Waals surface area contributed by atoms with Gasteiger partial charge in [0.15, 0.2) is 0 Å². The van der Waals surface area contributed by atoms with Crippen LogP contribution in [0.3, 0.4) is 0 Å². The van der Waals surface area contributed by atoms with Crippen molar-refractivity contribution in [2.45, 2.75) is 64.6 Å². The Morgan fingerprint density at radius 2 is 1.08 bits per heavy atom. The topological polar surface area (TPSA) is 33.5 Å². The number of rotatable bonds is 10. The molecular weight excluding hydrogens is 793 g/mol. The lowest BCUT2D eigenvalue weighted by molar-refractivity contribution is 0.483. The number of aromatic nitrogens is 2. The Labute approximate surface area is 395 Å². The van der Waals surface area contributed by atoms with E-state index in [9.17, 15) is 2.74 Å². The zero-order valence-corrected chi connectivity index (χ0v) is 37.3. The fraction of sp³-hybridized carbons (Fsp3) is 0.183. The van der Waals surface area contributed by atoms with Gasteiger partial charge in [0.2, 0.25) is 0 Å². The molecule has 7 aromatic carbocycles. The number of hydrogen-bond donors (Lipinski definition) is 0. The molecule has 0 atom stereocenters. The number of benzene rings is 7. The van der Waals surface area contributed by atoms with E-state index in [1.165, 1.54) is 30.3 Å². The van der Waals surface area contributed by atoms with E-state index in [1.807, 2.05) is 117 Å². The lowest BCUT2D eigenvalue weighted by Gasteiger charge is -2.33. The predicted octanol–water partition coefficient (Wildman–Crippen LogP) is 15.3. The van der Waals surface area contributed by atoms with E-state index in [1.54, 1.807) is 6.07 Å². The first kappa shape index (κ1) is 33.2. The van der Waals surface area contributed by atoms with Gasteiger partial charge in [-0.05, 0) is 99.0 Å². The van der Waals surface area contributed by atoms with Crippen molar-refractivity contribution in [1.29, 1.82) is 0 Å². The second-order valence-corrected chi connectivity index (χ2v) is 18.2. The molecule has 0 saturated heterocycles. The third-order valence-electron chi connectivity index (χ3n) is 13.0. The van der Waals surface area contributed by atoms with E-state index in [0.717, 1.165) is 44.2 Å². The fourth-order valence-corrected chi connectivity index (χ4v) is 9.00. The van der Waals surface area contributed by atoms with Crippen LogP contribution in [0.5, 0.6) is 11.5 Å². The third-order valence-corrected chi connectivity index (χ3v) is 13.0. The molecule has 2 aromatic heterocycles. The van der Waals surface area contributed by atoms with E-state index in [4.69, 9.17) is 13.0 Å². The van der Waals surface area contributed by atoms with Crippen molar-refractivity contribution in [3.8, 4) is 28.4 Å². The van der Waals surface area contributed by atoms with Crippen molar-refractivity contribution in [3.63, 3.8) is 0 Å². The van der Waals surface area contributed by atoms with Crippen molar-refractivity contribution < 1.29 is 15.7 Å². The van der Waals surface area contributed by atoms with Crippen LogP contribution in [0.15, 0.2) is 201 Å². The Bertz CT molecular complexity index is 3470. The largest absolute Gasteiger partial charge is 0.457 e. The third kappa shape index (κ3) is 7.97. The summed E-state index contributed by atoms with van der Waals surface area (Å²) in [6.45, 7) is 4.71. The van der Waals surface area contributed by atoms with Gasteiger partial charge in [0.05, 0.1) is 20.4 Å². The van der Waals surface area contributed by atoms with Crippen LogP contribution < -0.4 is 14.5 Å². The molecular formula is C60H56N4O. The monoisotopic (exact) mass is 856 g/mol. The summed E-state index contributed by atoms with van der Waals surface area (Å²) in [5.41, 5.74) is 6.51. The highest BCUT2D eigenvalue weighted by Gasteiger charge is 2.30. The molecule has 9 aromatic rings. The van der Waals surface area contributed by atoms with Crippen LogP contribution >= 0.6 is 0 Å². The molecule has 1 aliphatic rings. The molecule has 0 N–H and O–H groups in total. The second kappa shape index (κ2) is 16.3. The first-order chi connectivity index (χ1) is 34.7. The average molecular weight is 857 g/mol. The minimum Gasteiger partial charge on any atom is -0.457 e. The van der Waals surface area contributed by atoms with Crippen LogP contribution in [0.1, 0.15) is 87.1 Å². The number of nitrogens with zero attached hydrogens (tertiary/aromatic N) is 4. The fourth-order valence-electron chi connectivity index (χ4n) is 9.00. The molecule has 65 heavy (non-hydrogen) atoms. The summed E-state index contributed by atoms with van der Waals surface area (Å²) >= 11 is 0. The lowest BCUT2D eigenvalue weighted by atomic mass is 9.73. The zero-order chi connectivity index (χ0) is 51.7. The molecule has 0 spiro atoms. The van der Waals surface area contributed by atoms with E-state index >= 15 is 0 Å². The maximum Gasteiger partial charge on any atom is 0.137 e. The minimum atomic E-state index is -2.84. The van der Waals surface area contributed by atoms with Gasteiger partial charge in [-0.25, -0.2) is 4.98 Å². The van der Waals surface area contributed by atoms with Crippen molar-refractivity contribution in [1.82, 2.24) is 9.55 Å². The van der Waals surface area contributed by atoms with Gasteiger partial charge < -0.3 is 14.5 Å². The number of pyridine rings is 1. The van der Waals surface area contributed by atoms with Gasteiger partial charge in [-0.1, -0.05) is 164 Å². The first-order valence-electron chi connectivity index (χ1n) is 26.0. The standard InChI is InChI=1S/C60H56N4O/c1-58(2,3)46-29-30-61-57(38-46)64-55-26-18-17-25-53(55)54-28-27-51(40-56(54)64)65-52-34-43(42-19-11-8-12-20-42)33-49(39-52)62-31-32-63(41-62)50-36-47(59(4,5)44-21-13-9-14-22-44)35-48(37-50)60(6,7)45-23-15-10-16-24-45/h8-40H,41H2,1-7H3/i1D3,2D3,31D,32D. The highest BCUT2D eigenvalue weighted by molar-refractivity contribution is 6.09. The predicted molar refractivity (Wildman–Crippen MR) is 272 cm³/mol. The highest BCUT2D eigenvalue weighted by Crippen LogP contribution is 2.42. The summed E-state index contributed by atoms with van der Waals surface area (Å²) in [6, 6.07) is 60.0. The van der Waals surface area contributed by atoms with E-state index in [0.29, 0.717) is 28.5 Å². The Hall–Kier alpha value is -7.37. The molecule has 3 heterocycles. The summed E-state index contributed by atoms with van der Waals surface area (Å²) in [5, 5.41) is 1.81. The maximum atomic E-state index is 9.55. The van der Waals surface area contributed by atoms with Gasteiger partial charge in [-0.15, -0.1) is 0 Å². The van der Waals surface area contributed by atoms with Crippen molar-refractivity contribution in [2.24, 2.45) is 0 Å². The molecule has 0 amide bonds. The lowest BCUT2D eigenvalue weighted by Crippen LogP contribution is -2.27. The zero-order valence-electron chi connectivity index (χ0n) is 45.3. The Balaban J connectivity index is 1.06. The second-order valence-electron chi connectivity index (χ2n) is 18.2. The number of ether oxygens (including phenoxy) is 1. The smallest absolute Gasteiger partial charge is 0.137 e. The van der Waals surface area contributed by atoms with Gasteiger partial charge >= 0.3 is 0 Å². The number of para-hydroxylation sites is 1. The maximum absolute atomic E-state index is 9.55. The summed E-state index contributed by atoms with van der Waals surface area (Å²) in [4.78, 5) is 8.43. The number of hydrogen-bond acceptors (Lipinski definition) is 4. The van der Waals surface area contributed by atoms with Gasteiger partial charge in [0.25, 0.3) is 0 Å². The van der Waals surface area contributed by atoms with Gasteiger partial charge in [-0.2, -0.15) is 0 Å². The summed E-state index contributed by atoms with van der Waals surface area (Å²) in [6.07, 6.45) is 1.57. The van der Waals surface area contributed by atoms with Gasteiger partial charge in [-0.3, -0.25) is 4.57 Å². The van der Waals surface area contributed by atoms with Crippen LogP contribution in [0, 0.1) is 0 Å². The molecule has 0 radical (unpaired) electrons. The summed E-state index contributed by atoms with van der Waals surface area (Å²) in [5.74, 6) is 1.36. The Morgan fingerprint density at radius 3 is 1.72 bits per heavy atom.